The van der Waals surface area contributed by atoms with Crippen LogP contribution in [0.4, 0.5) is 5.82 Å². The Bertz CT molecular complexity index is 627. The number of rotatable bonds is 5. The summed E-state index contributed by atoms with van der Waals surface area (Å²) in [6, 6.07) is 2.79. The number of halogens is 1. The first-order chi connectivity index (χ1) is 10.2. The van der Waals surface area contributed by atoms with E-state index in [1.54, 1.807) is 11.3 Å². The van der Waals surface area contributed by atoms with Crippen LogP contribution in [-0.4, -0.2) is 40.5 Å². The number of hydrogen-bond acceptors (Lipinski definition) is 5. The van der Waals surface area contributed by atoms with Crippen LogP contribution in [0.2, 0.25) is 5.28 Å². The predicted octanol–water partition coefficient (Wildman–Crippen LogP) is 3.80. The zero-order valence-electron chi connectivity index (χ0n) is 12.5. The van der Waals surface area contributed by atoms with Crippen LogP contribution in [0.15, 0.2) is 6.07 Å². The Morgan fingerprint density at radius 1 is 1.43 bits per heavy atom. The summed E-state index contributed by atoms with van der Waals surface area (Å²) in [5, 5.41) is 4.93. The van der Waals surface area contributed by atoms with Crippen molar-refractivity contribution in [3.63, 3.8) is 0 Å². The van der Waals surface area contributed by atoms with E-state index in [0.29, 0.717) is 11.3 Å². The molecule has 4 nitrogen and oxygen atoms in total. The van der Waals surface area contributed by atoms with Gasteiger partial charge in [0.15, 0.2) is 0 Å². The van der Waals surface area contributed by atoms with Crippen molar-refractivity contribution in [1.29, 1.82) is 0 Å². The summed E-state index contributed by atoms with van der Waals surface area (Å²) in [6.45, 7) is 7.63. The summed E-state index contributed by atoms with van der Waals surface area (Å²) >= 11 is 7.76. The molecule has 3 rings (SSSR count). The predicted molar refractivity (Wildman–Crippen MR) is 90.6 cm³/mol. The molecule has 1 aliphatic heterocycles. The van der Waals surface area contributed by atoms with Crippen LogP contribution in [0.5, 0.6) is 0 Å². The highest BCUT2D eigenvalue weighted by Gasteiger charge is 2.23. The molecule has 1 aliphatic rings. The molecule has 3 heterocycles. The van der Waals surface area contributed by atoms with E-state index < -0.39 is 0 Å². The molecule has 0 aromatic carbocycles. The molecule has 2 aromatic heterocycles. The minimum atomic E-state index is 0.327. The van der Waals surface area contributed by atoms with Crippen LogP contribution in [0, 0.1) is 0 Å². The van der Waals surface area contributed by atoms with Gasteiger partial charge in [-0.2, -0.15) is 0 Å². The van der Waals surface area contributed by atoms with Gasteiger partial charge in [-0.1, -0.05) is 13.8 Å². The van der Waals surface area contributed by atoms with E-state index in [2.05, 4.69) is 40.1 Å². The van der Waals surface area contributed by atoms with Crippen molar-refractivity contribution < 1.29 is 0 Å². The van der Waals surface area contributed by atoms with Crippen molar-refractivity contribution in [2.45, 2.75) is 39.2 Å². The van der Waals surface area contributed by atoms with E-state index in [1.807, 2.05) is 0 Å². The van der Waals surface area contributed by atoms with Gasteiger partial charge in [0.25, 0.3) is 0 Å². The quantitative estimate of drug-likeness (QED) is 0.849. The number of hydrogen-bond donors (Lipinski definition) is 1. The maximum Gasteiger partial charge on any atom is 0.225 e. The number of anilines is 1. The summed E-state index contributed by atoms with van der Waals surface area (Å²) in [5.74, 6) is 0.879. The van der Waals surface area contributed by atoms with Gasteiger partial charge in [-0.25, -0.2) is 9.97 Å². The number of aryl methyl sites for hydroxylation is 1. The number of aromatic nitrogens is 2. The van der Waals surface area contributed by atoms with Gasteiger partial charge in [-0.15, -0.1) is 11.3 Å². The first kappa shape index (κ1) is 15.0. The SMILES string of the molecule is CCc1cc2c(NCC3CCCN3CC)nc(Cl)nc2s1. The lowest BCUT2D eigenvalue weighted by Crippen LogP contribution is -2.34. The minimum Gasteiger partial charge on any atom is -0.368 e. The molecular weight excluding hydrogens is 304 g/mol. The molecule has 0 spiro atoms. The third-order valence-electron chi connectivity index (χ3n) is 4.18. The number of nitrogens with zero attached hydrogens (tertiary/aromatic N) is 3. The Morgan fingerprint density at radius 3 is 3.05 bits per heavy atom. The second-order valence-corrected chi connectivity index (χ2v) is 6.89. The van der Waals surface area contributed by atoms with Crippen molar-refractivity contribution in [1.82, 2.24) is 14.9 Å². The normalized spacial score (nSPS) is 19.5. The lowest BCUT2D eigenvalue weighted by Gasteiger charge is -2.23. The molecule has 0 radical (unpaired) electrons. The number of likely N-dealkylation sites (N-methyl/N-ethyl adjacent to an activating group) is 1. The summed E-state index contributed by atoms with van der Waals surface area (Å²) in [5.41, 5.74) is 0. The zero-order chi connectivity index (χ0) is 14.8. The largest absolute Gasteiger partial charge is 0.368 e. The van der Waals surface area contributed by atoms with Gasteiger partial charge in [0.2, 0.25) is 5.28 Å². The number of thiophene rings is 1. The molecular formula is C15H21ClN4S. The molecule has 1 unspecified atom stereocenters. The molecule has 0 saturated carbocycles. The van der Waals surface area contributed by atoms with Gasteiger partial charge in [-0.3, -0.25) is 4.90 Å². The van der Waals surface area contributed by atoms with Crippen molar-refractivity contribution in [2.24, 2.45) is 0 Å². The lowest BCUT2D eigenvalue weighted by molar-refractivity contribution is 0.277. The molecule has 0 bridgehead atoms. The van der Waals surface area contributed by atoms with Gasteiger partial charge in [-0.05, 0) is 50.0 Å². The average Bonchev–Trinajstić information content (AvgIpc) is 3.10. The Morgan fingerprint density at radius 2 is 2.29 bits per heavy atom. The van der Waals surface area contributed by atoms with Crippen LogP contribution in [0.25, 0.3) is 10.2 Å². The third kappa shape index (κ3) is 3.15. The molecule has 0 amide bonds. The van der Waals surface area contributed by atoms with E-state index in [4.69, 9.17) is 11.6 Å². The Balaban J connectivity index is 1.81. The fourth-order valence-corrected chi connectivity index (χ4v) is 4.20. The Kier molecular flexibility index (Phi) is 4.62. The van der Waals surface area contributed by atoms with E-state index in [-0.39, 0.29) is 0 Å². The summed E-state index contributed by atoms with van der Waals surface area (Å²) in [4.78, 5) is 13.6. The number of nitrogens with one attached hydrogen (secondary N) is 1. The second kappa shape index (κ2) is 6.46. The molecule has 1 saturated heterocycles. The van der Waals surface area contributed by atoms with Crippen LogP contribution in [0.1, 0.15) is 31.6 Å². The first-order valence-electron chi connectivity index (χ1n) is 7.65. The van der Waals surface area contributed by atoms with E-state index in [1.165, 1.54) is 24.3 Å². The van der Waals surface area contributed by atoms with Gasteiger partial charge >= 0.3 is 0 Å². The highest BCUT2D eigenvalue weighted by molar-refractivity contribution is 7.18. The molecule has 0 aliphatic carbocycles. The number of likely N-dealkylation sites (tertiary alicyclic amines) is 1. The Hall–Kier alpha value is -0.910. The summed E-state index contributed by atoms with van der Waals surface area (Å²) < 4.78 is 0. The van der Waals surface area contributed by atoms with Crippen LogP contribution in [0.3, 0.4) is 0 Å². The van der Waals surface area contributed by atoms with Crippen molar-refractivity contribution in [3.05, 3.63) is 16.2 Å². The highest BCUT2D eigenvalue weighted by Crippen LogP contribution is 2.30. The molecule has 1 atom stereocenters. The van der Waals surface area contributed by atoms with Gasteiger partial charge in [0.05, 0.1) is 5.39 Å². The fourth-order valence-electron chi connectivity index (χ4n) is 3.01. The van der Waals surface area contributed by atoms with E-state index in [9.17, 15) is 0 Å². The van der Waals surface area contributed by atoms with Gasteiger partial charge < -0.3 is 5.32 Å². The van der Waals surface area contributed by atoms with Crippen molar-refractivity contribution in [3.8, 4) is 0 Å². The fraction of sp³-hybridized carbons (Fsp3) is 0.600. The van der Waals surface area contributed by atoms with Gasteiger partial charge in [0, 0.05) is 17.5 Å². The zero-order valence-corrected chi connectivity index (χ0v) is 14.1. The van der Waals surface area contributed by atoms with Crippen LogP contribution >= 0.6 is 22.9 Å². The lowest BCUT2D eigenvalue weighted by atomic mass is 10.2. The van der Waals surface area contributed by atoms with Crippen molar-refractivity contribution in [2.75, 3.05) is 25.0 Å². The molecule has 1 N–H and O–H groups in total. The maximum absolute atomic E-state index is 6.06. The molecule has 6 heteroatoms. The molecule has 21 heavy (non-hydrogen) atoms. The average molecular weight is 325 g/mol. The highest BCUT2D eigenvalue weighted by atomic mass is 35.5. The van der Waals surface area contributed by atoms with Crippen molar-refractivity contribution >= 4 is 39.0 Å². The van der Waals surface area contributed by atoms with Crippen LogP contribution in [-0.2, 0) is 6.42 Å². The number of fused-ring (bicyclic) bond motifs is 1. The topological polar surface area (TPSA) is 41.0 Å². The van der Waals surface area contributed by atoms with E-state index in [0.717, 1.165) is 35.5 Å². The van der Waals surface area contributed by atoms with Crippen LogP contribution < -0.4 is 5.32 Å². The molecule has 2 aromatic rings. The summed E-state index contributed by atoms with van der Waals surface area (Å²) in [6.07, 6.45) is 3.57. The van der Waals surface area contributed by atoms with Gasteiger partial charge in [0.1, 0.15) is 10.6 Å². The first-order valence-corrected chi connectivity index (χ1v) is 8.84. The summed E-state index contributed by atoms with van der Waals surface area (Å²) in [7, 11) is 0. The smallest absolute Gasteiger partial charge is 0.225 e. The second-order valence-electron chi connectivity index (χ2n) is 5.43. The monoisotopic (exact) mass is 324 g/mol. The molecule has 114 valence electrons. The Labute approximate surface area is 134 Å². The molecule has 1 fully saturated rings. The van der Waals surface area contributed by atoms with E-state index >= 15 is 0 Å². The minimum absolute atomic E-state index is 0.327. The maximum atomic E-state index is 6.06. The standard InChI is InChI=1S/C15H21ClN4S/c1-3-11-8-12-13(18-15(16)19-14(12)21-11)17-9-10-6-5-7-20(10)4-2/h8,10H,3-7,9H2,1-2H3,(H,17,18,19). The third-order valence-corrected chi connectivity index (χ3v) is 5.52.